The Balaban J connectivity index is 2.16. The molecule has 0 aliphatic rings. The van der Waals surface area contributed by atoms with Gasteiger partial charge < -0.3 is 10.4 Å². The normalized spacial score (nSPS) is 12.7. The van der Waals surface area contributed by atoms with Gasteiger partial charge in [0, 0.05) is 41.5 Å². The van der Waals surface area contributed by atoms with E-state index in [0.717, 1.165) is 11.4 Å². The molecule has 1 aromatic carbocycles. The minimum Gasteiger partial charge on any atom is -0.506 e. The van der Waals surface area contributed by atoms with Crippen LogP contribution in [0.25, 0.3) is 0 Å². The van der Waals surface area contributed by atoms with Gasteiger partial charge in [-0.05, 0) is 32.9 Å². The second-order valence-electron chi connectivity index (χ2n) is 5.21. The maximum Gasteiger partial charge on any atom is 0.138 e. The molecule has 114 valence electrons. The van der Waals surface area contributed by atoms with E-state index in [-0.39, 0.29) is 16.8 Å². The second kappa shape index (κ2) is 6.26. The predicted molar refractivity (Wildman–Crippen MR) is 86.1 cm³/mol. The van der Waals surface area contributed by atoms with E-state index in [2.05, 4.69) is 17.3 Å². The lowest BCUT2D eigenvalue weighted by Gasteiger charge is -2.16. The van der Waals surface area contributed by atoms with Crippen LogP contribution in [0.5, 0.6) is 5.75 Å². The largest absolute Gasteiger partial charge is 0.506 e. The summed E-state index contributed by atoms with van der Waals surface area (Å²) in [7, 11) is 1.93. The zero-order valence-electron chi connectivity index (χ0n) is 12.5. The van der Waals surface area contributed by atoms with Crippen LogP contribution in [0.15, 0.2) is 12.1 Å². The number of rotatable bonds is 4. The number of aryl methyl sites for hydroxylation is 2. The third-order valence-electron chi connectivity index (χ3n) is 3.70. The number of benzene rings is 1. The molecule has 0 unspecified atom stereocenters. The zero-order valence-corrected chi connectivity index (χ0v) is 14.0. The van der Waals surface area contributed by atoms with Gasteiger partial charge in [-0.3, -0.25) is 4.68 Å². The van der Waals surface area contributed by atoms with Crippen LogP contribution in [0.3, 0.4) is 0 Å². The Hall–Kier alpha value is -1.23. The smallest absolute Gasteiger partial charge is 0.138 e. The molecule has 0 spiro atoms. The Kier molecular flexibility index (Phi) is 4.81. The summed E-state index contributed by atoms with van der Waals surface area (Å²) in [5.74, 6) is 0.0698. The van der Waals surface area contributed by atoms with Crippen molar-refractivity contribution >= 4 is 23.2 Å². The topological polar surface area (TPSA) is 50.1 Å². The Bertz CT molecular complexity index is 667. The van der Waals surface area contributed by atoms with Gasteiger partial charge in [-0.2, -0.15) is 5.10 Å². The van der Waals surface area contributed by atoms with Crippen molar-refractivity contribution in [3.05, 3.63) is 44.7 Å². The summed E-state index contributed by atoms with van der Waals surface area (Å²) in [6.45, 7) is 6.58. The number of hydrogen-bond acceptors (Lipinski definition) is 3. The number of aromatic hydroxyl groups is 1. The van der Waals surface area contributed by atoms with E-state index < -0.39 is 0 Å². The molecular weight excluding hydrogens is 309 g/mol. The minimum atomic E-state index is 0.0698. The summed E-state index contributed by atoms with van der Waals surface area (Å²) in [6, 6.07) is 3.35. The Morgan fingerprint density at radius 3 is 2.57 bits per heavy atom. The number of nitrogens with one attached hydrogen (secondary N) is 1. The molecule has 21 heavy (non-hydrogen) atoms. The first-order valence-corrected chi connectivity index (χ1v) is 7.47. The fraction of sp³-hybridized carbons (Fsp3) is 0.400. The summed E-state index contributed by atoms with van der Waals surface area (Å²) in [6.07, 6.45) is 0. The standard InChI is InChI=1S/C15H19Cl2N3O/c1-8(14-9(2)19-20(4)10(14)3)18-7-11-5-12(16)6-13(17)15(11)21/h5-6,8,18,21H,7H2,1-4H3/t8-/m1/s1. The quantitative estimate of drug-likeness (QED) is 0.895. The molecule has 0 saturated carbocycles. The number of aromatic nitrogens is 2. The maximum atomic E-state index is 9.97. The van der Waals surface area contributed by atoms with Gasteiger partial charge in [0.1, 0.15) is 5.75 Å². The lowest BCUT2D eigenvalue weighted by Crippen LogP contribution is -2.19. The molecule has 0 bridgehead atoms. The summed E-state index contributed by atoms with van der Waals surface area (Å²) in [5, 5.41) is 18.5. The molecule has 0 fully saturated rings. The van der Waals surface area contributed by atoms with Crippen molar-refractivity contribution in [1.29, 1.82) is 0 Å². The van der Waals surface area contributed by atoms with Crippen LogP contribution in [-0.2, 0) is 13.6 Å². The average molecular weight is 328 g/mol. The maximum absolute atomic E-state index is 9.97. The monoisotopic (exact) mass is 327 g/mol. The lowest BCUT2D eigenvalue weighted by molar-refractivity contribution is 0.460. The molecule has 4 nitrogen and oxygen atoms in total. The molecule has 0 saturated heterocycles. The molecule has 0 aliphatic heterocycles. The first kappa shape index (κ1) is 16.1. The fourth-order valence-corrected chi connectivity index (χ4v) is 3.07. The zero-order chi connectivity index (χ0) is 15.7. The molecule has 6 heteroatoms. The van der Waals surface area contributed by atoms with E-state index in [4.69, 9.17) is 23.2 Å². The molecule has 1 atom stereocenters. The van der Waals surface area contributed by atoms with E-state index in [0.29, 0.717) is 17.1 Å². The number of hydrogen-bond donors (Lipinski definition) is 2. The van der Waals surface area contributed by atoms with E-state index in [1.54, 1.807) is 6.07 Å². The molecule has 0 amide bonds. The number of phenols is 1. The summed E-state index contributed by atoms with van der Waals surface area (Å²) >= 11 is 11.9. The Morgan fingerprint density at radius 2 is 2.00 bits per heavy atom. The fourth-order valence-electron chi connectivity index (χ4n) is 2.54. The number of halogens is 2. The van der Waals surface area contributed by atoms with Gasteiger partial charge in [-0.25, -0.2) is 0 Å². The van der Waals surface area contributed by atoms with E-state index in [1.165, 1.54) is 11.6 Å². The van der Waals surface area contributed by atoms with Gasteiger partial charge in [0.2, 0.25) is 0 Å². The first-order valence-electron chi connectivity index (χ1n) is 6.71. The highest BCUT2D eigenvalue weighted by Crippen LogP contribution is 2.31. The van der Waals surface area contributed by atoms with Crippen molar-refractivity contribution < 1.29 is 5.11 Å². The van der Waals surface area contributed by atoms with Gasteiger partial charge in [0.05, 0.1) is 10.7 Å². The van der Waals surface area contributed by atoms with Gasteiger partial charge in [0.15, 0.2) is 0 Å². The van der Waals surface area contributed by atoms with Gasteiger partial charge in [-0.1, -0.05) is 23.2 Å². The lowest BCUT2D eigenvalue weighted by atomic mass is 10.1. The molecular formula is C15H19Cl2N3O. The van der Waals surface area contributed by atoms with Crippen LogP contribution in [0.1, 0.15) is 35.5 Å². The Morgan fingerprint density at radius 1 is 1.33 bits per heavy atom. The van der Waals surface area contributed by atoms with Crippen molar-refractivity contribution in [1.82, 2.24) is 15.1 Å². The van der Waals surface area contributed by atoms with Crippen molar-refractivity contribution in [3.63, 3.8) is 0 Å². The predicted octanol–water partition coefficient (Wildman–Crippen LogP) is 3.90. The third-order valence-corrected chi connectivity index (χ3v) is 4.21. The summed E-state index contributed by atoms with van der Waals surface area (Å²) in [5.41, 5.74) is 3.98. The average Bonchev–Trinajstić information content (AvgIpc) is 2.65. The molecule has 0 radical (unpaired) electrons. The Labute approximate surface area is 134 Å². The highest BCUT2D eigenvalue weighted by atomic mass is 35.5. The van der Waals surface area contributed by atoms with Crippen molar-refractivity contribution in [2.75, 3.05) is 0 Å². The van der Waals surface area contributed by atoms with Gasteiger partial charge in [-0.15, -0.1) is 0 Å². The minimum absolute atomic E-state index is 0.0698. The van der Waals surface area contributed by atoms with Crippen LogP contribution < -0.4 is 5.32 Å². The highest BCUT2D eigenvalue weighted by molar-refractivity contribution is 6.35. The van der Waals surface area contributed by atoms with Crippen LogP contribution in [0.4, 0.5) is 0 Å². The van der Waals surface area contributed by atoms with Crippen LogP contribution >= 0.6 is 23.2 Å². The van der Waals surface area contributed by atoms with Crippen molar-refractivity contribution in [3.8, 4) is 5.75 Å². The van der Waals surface area contributed by atoms with E-state index in [9.17, 15) is 5.11 Å². The van der Waals surface area contributed by atoms with Crippen LogP contribution in [-0.4, -0.2) is 14.9 Å². The summed E-state index contributed by atoms with van der Waals surface area (Å²) in [4.78, 5) is 0. The number of phenolic OH excluding ortho intramolecular Hbond substituents is 1. The van der Waals surface area contributed by atoms with E-state index >= 15 is 0 Å². The van der Waals surface area contributed by atoms with Crippen molar-refractivity contribution in [2.24, 2.45) is 7.05 Å². The van der Waals surface area contributed by atoms with Gasteiger partial charge in [0.25, 0.3) is 0 Å². The molecule has 2 aromatic rings. The summed E-state index contributed by atoms with van der Waals surface area (Å²) < 4.78 is 1.87. The molecule has 2 N–H and O–H groups in total. The number of nitrogens with zero attached hydrogens (tertiary/aromatic N) is 2. The van der Waals surface area contributed by atoms with Crippen molar-refractivity contribution in [2.45, 2.75) is 33.4 Å². The molecule has 0 aliphatic carbocycles. The van der Waals surface area contributed by atoms with E-state index in [1.807, 2.05) is 25.6 Å². The third kappa shape index (κ3) is 3.34. The molecule has 1 heterocycles. The van der Waals surface area contributed by atoms with Crippen LogP contribution in [0.2, 0.25) is 10.0 Å². The molecule has 2 rings (SSSR count). The second-order valence-corrected chi connectivity index (χ2v) is 6.05. The first-order chi connectivity index (χ1) is 9.81. The molecule has 1 aromatic heterocycles. The SMILES string of the molecule is Cc1nn(C)c(C)c1[C@@H](C)NCc1cc(Cl)cc(Cl)c1O. The van der Waals surface area contributed by atoms with Gasteiger partial charge >= 0.3 is 0 Å². The van der Waals surface area contributed by atoms with Crippen LogP contribution in [0, 0.1) is 13.8 Å². The highest BCUT2D eigenvalue weighted by Gasteiger charge is 2.16.